The van der Waals surface area contributed by atoms with Gasteiger partial charge in [-0.1, -0.05) is 24.4 Å². The summed E-state index contributed by atoms with van der Waals surface area (Å²) in [6.45, 7) is 5.90. The average molecular weight is 279 g/mol. The van der Waals surface area contributed by atoms with Gasteiger partial charge < -0.3 is 14.6 Å². The Hall–Kier alpha value is -0.940. The van der Waals surface area contributed by atoms with Crippen LogP contribution in [0.4, 0.5) is 0 Å². The van der Waals surface area contributed by atoms with Gasteiger partial charge in [0.05, 0.1) is 5.54 Å². The third-order valence-electron chi connectivity index (χ3n) is 4.76. The Labute approximate surface area is 120 Å². The van der Waals surface area contributed by atoms with Crippen molar-refractivity contribution in [2.24, 2.45) is 0 Å². The fourth-order valence-corrected chi connectivity index (χ4v) is 3.54. The smallest absolute Gasteiger partial charge is 0.246 e. The molecule has 1 aliphatic carbocycles. The summed E-state index contributed by atoms with van der Waals surface area (Å²) in [4.78, 5) is 4.71. The van der Waals surface area contributed by atoms with Gasteiger partial charge in [0.15, 0.2) is 0 Å². The molecule has 0 bridgehead atoms. The molecule has 5 nitrogen and oxygen atoms in total. The molecule has 5 heteroatoms. The molecule has 1 saturated carbocycles. The molecule has 2 fully saturated rings. The first-order valence-electron chi connectivity index (χ1n) is 7.92. The molecule has 20 heavy (non-hydrogen) atoms. The van der Waals surface area contributed by atoms with Crippen molar-refractivity contribution < 1.29 is 9.26 Å². The van der Waals surface area contributed by atoms with Crippen molar-refractivity contribution in [3.05, 3.63) is 11.7 Å². The Balaban J connectivity index is 1.87. The second-order valence-corrected chi connectivity index (χ2v) is 6.27. The summed E-state index contributed by atoms with van der Waals surface area (Å²) >= 11 is 0. The molecule has 1 aromatic heterocycles. The lowest BCUT2D eigenvalue weighted by Gasteiger charge is -2.34. The molecule has 1 aliphatic heterocycles. The highest BCUT2D eigenvalue weighted by molar-refractivity contribution is 5.09. The van der Waals surface area contributed by atoms with E-state index in [0.29, 0.717) is 6.61 Å². The first kappa shape index (κ1) is 14.0. The van der Waals surface area contributed by atoms with E-state index in [-0.39, 0.29) is 11.1 Å². The Morgan fingerprint density at radius 3 is 2.65 bits per heavy atom. The minimum Gasteiger partial charge on any atom is -0.367 e. The van der Waals surface area contributed by atoms with E-state index in [1.54, 1.807) is 0 Å². The van der Waals surface area contributed by atoms with E-state index < -0.39 is 0 Å². The second-order valence-electron chi connectivity index (χ2n) is 6.27. The van der Waals surface area contributed by atoms with Crippen molar-refractivity contribution in [2.75, 3.05) is 13.2 Å². The lowest BCUT2D eigenvalue weighted by atomic mass is 9.84. The van der Waals surface area contributed by atoms with Crippen molar-refractivity contribution in [1.82, 2.24) is 15.5 Å². The standard InChI is InChI=1S/C15H25N3O2/c1-3-19-15(9-5-4-6-10-15)12-17-13(20-18-12)14(2)8-7-11-16-14/h16H,3-11H2,1-2H3. The van der Waals surface area contributed by atoms with E-state index in [4.69, 9.17) is 14.2 Å². The predicted molar refractivity (Wildman–Crippen MR) is 75.3 cm³/mol. The zero-order valence-electron chi connectivity index (χ0n) is 12.6. The van der Waals surface area contributed by atoms with Gasteiger partial charge in [0.25, 0.3) is 0 Å². The quantitative estimate of drug-likeness (QED) is 0.918. The van der Waals surface area contributed by atoms with Crippen LogP contribution in [0.25, 0.3) is 0 Å². The van der Waals surface area contributed by atoms with E-state index >= 15 is 0 Å². The van der Waals surface area contributed by atoms with Crippen LogP contribution in [-0.2, 0) is 15.9 Å². The van der Waals surface area contributed by atoms with Crippen LogP contribution in [0, 0.1) is 0 Å². The van der Waals surface area contributed by atoms with Crippen LogP contribution in [0.1, 0.15) is 70.5 Å². The third kappa shape index (κ3) is 2.37. The minimum atomic E-state index is -0.316. The highest BCUT2D eigenvalue weighted by Gasteiger charge is 2.42. The van der Waals surface area contributed by atoms with Gasteiger partial charge in [-0.15, -0.1) is 0 Å². The summed E-state index contributed by atoms with van der Waals surface area (Å²) in [6.07, 6.45) is 7.85. The lowest BCUT2D eigenvalue weighted by Crippen LogP contribution is -2.35. The zero-order valence-corrected chi connectivity index (χ0v) is 12.6. The van der Waals surface area contributed by atoms with E-state index in [2.05, 4.69) is 17.4 Å². The Morgan fingerprint density at radius 2 is 2.00 bits per heavy atom. The van der Waals surface area contributed by atoms with Gasteiger partial charge in [-0.05, 0) is 46.1 Å². The van der Waals surface area contributed by atoms with Crippen molar-refractivity contribution in [3.8, 4) is 0 Å². The topological polar surface area (TPSA) is 60.2 Å². The summed E-state index contributed by atoms with van der Waals surface area (Å²) in [5.74, 6) is 1.47. The van der Waals surface area contributed by atoms with Gasteiger partial charge in [0.2, 0.25) is 11.7 Å². The van der Waals surface area contributed by atoms with E-state index in [9.17, 15) is 0 Å². The molecule has 1 aromatic rings. The molecule has 0 amide bonds. The Bertz CT molecular complexity index is 440. The van der Waals surface area contributed by atoms with Crippen molar-refractivity contribution >= 4 is 0 Å². The van der Waals surface area contributed by atoms with Gasteiger partial charge >= 0.3 is 0 Å². The van der Waals surface area contributed by atoms with Crippen LogP contribution in [0.5, 0.6) is 0 Å². The number of hydrogen-bond acceptors (Lipinski definition) is 5. The molecule has 1 saturated heterocycles. The fourth-order valence-electron chi connectivity index (χ4n) is 3.54. The fraction of sp³-hybridized carbons (Fsp3) is 0.867. The molecule has 2 heterocycles. The molecule has 1 N–H and O–H groups in total. The average Bonchev–Trinajstić information content (AvgIpc) is 3.10. The summed E-state index contributed by atoms with van der Waals surface area (Å²) in [6, 6.07) is 0. The first-order valence-corrected chi connectivity index (χ1v) is 7.92. The van der Waals surface area contributed by atoms with Crippen molar-refractivity contribution in [3.63, 3.8) is 0 Å². The van der Waals surface area contributed by atoms with Crippen LogP contribution in [0.2, 0.25) is 0 Å². The second kappa shape index (κ2) is 5.45. The predicted octanol–water partition coefficient (Wildman–Crippen LogP) is 2.86. The van der Waals surface area contributed by atoms with E-state index in [1.807, 2.05) is 6.92 Å². The zero-order chi connectivity index (χ0) is 14.1. The van der Waals surface area contributed by atoms with Crippen LogP contribution in [0.3, 0.4) is 0 Å². The number of rotatable bonds is 4. The van der Waals surface area contributed by atoms with Gasteiger partial charge in [-0.3, -0.25) is 0 Å². The number of aromatic nitrogens is 2. The molecule has 2 aliphatic rings. The lowest BCUT2D eigenvalue weighted by molar-refractivity contribution is -0.0777. The monoisotopic (exact) mass is 279 g/mol. The van der Waals surface area contributed by atoms with Gasteiger partial charge in [-0.25, -0.2) is 0 Å². The number of hydrogen-bond donors (Lipinski definition) is 1. The molecule has 112 valence electrons. The third-order valence-corrected chi connectivity index (χ3v) is 4.76. The molecule has 1 unspecified atom stereocenters. The highest BCUT2D eigenvalue weighted by atomic mass is 16.5. The Kier molecular flexibility index (Phi) is 3.82. The molecule has 1 atom stereocenters. The molecule has 0 spiro atoms. The van der Waals surface area contributed by atoms with Crippen LogP contribution >= 0.6 is 0 Å². The Morgan fingerprint density at radius 1 is 1.20 bits per heavy atom. The molecule has 0 radical (unpaired) electrons. The molecule has 0 aromatic carbocycles. The van der Waals surface area contributed by atoms with Crippen molar-refractivity contribution in [1.29, 1.82) is 0 Å². The summed E-state index contributed by atoms with van der Waals surface area (Å²) in [5.41, 5.74) is -0.475. The summed E-state index contributed by atoms with van der Waals surface area (Å²) in [5, 5.41) is 7.74. The van der Waals surface area contributed by atoms with Gasteiger partial charge in [0, 0.05) is 6.61 Å². The maximum absolute atomic E-state index is 6.06. The summed E-state index contributed by atoms with van der Waals surface area (Å²) in [7, 11) is 0. The van der Waals surface area contributed by atoms with Crippen LogP contribution < -0.4 is 5.32 Å². The van der Waals surface area contributed by atoms with Gasteiger partial charge in [0.1, 0.15) is 5.60 Å². The van der Waals surface area contributed by atoms with Crippen LogP contribution in [0.15, 0.2) is 4.52 Å². The van der Waals surface area contributed by atoms with Gasteiger partial charge in [-0.2, -0.15) is 4.98 Å². The SMILES string of the molecule is CCOC1(c2noc(C3(C)CCCN3)n2)CCCCC1. The summed E-state index contributed by atoms with van der Waals surface area (Å²) < 4.78 is 11.6. The molecular weight excluding hydrogens is 254 g/mol. The molecular formula is C15H25N3O2. The first-order chi connectivity index (χ1) is 9.69. The van der Waals surface area contributed by atoms with E-state index in [0.717, 1.165) is 43.9 Å². The minimum absolute atomic E-state index is 0.159. The maximum atomic E-state index is 6.06. The molecule has 3 rings (SSSR count). The van der Waals surface area contributed by atoms with Crippen molar-refractivity contribution in [2.45, 2.75) is 69.9 Å². The number of nitrogens with zero attached hydrogens (tertiary/aromatic N) is 2. The van der Waals surface area contributed by atoms with Crippen LogP contribution in [-0.4, -0.2) is 23.3 Å². The highest BCUT2D eigenvalue weighted by Crippen LogP contribution is 2.40. The number of nitrogens with one attached hydrogen (secondary N) is 1. The largest absolute Gasteiger partial charge is 0.367 e. The normalized spacial score (nSPS) is 29.7. The van der Waals surface area contributed by atoms with E-state index in [1.165, 1.54) is 19.3 Å². The maximum Gasteiger partial charge on any atom is 0.246 e. The number of ether oxygens (including phenoxy) is 1.